The van der Waals surface area contributed by atoms with Crippen LogP contribution in [0.15, 0.2) is 53.9 Å². The second-order valence-electron chi connectivity index (χ2n) is 7.08. The summed E-state index contributed by atoms with van der Waals surface area (Å²) in [4.78, 5) is 21.4. The first-order valence-corrected chi connectivity index (χ1v) is 10.8. The highest BCUT2D eigenvalue weighted by Crippen LogP contribution is 2.28. The van der Waals surface area contributed by atoms with E-state index in [0.717, 1.165) is 48.1 Å². The Labute approximate surface area is 179 Å². The highest BCUT2D eigenvalue weighted by molar-refractivity contribution is 7.13. The number of thiazole rings is 1. The first kappa shape index (κ1) is 19.9. The van der Waals surface area contributed by atoms with Crippen LogP contribution >= 0.6 is 22.9 Å². The molecule has 0 saturated carbocycles. The van der Waals surface area contributed by atoms with Gasteiger partial charge in [0.05, 0.1) is 0 Å². The molecule has 150 valence electrons. The summed E-state index contributed by atoms with van der Waals surface area (Å²) in [5, 5.41) is 3.35. The van der Waals surface area contributed by atoms with E-state index in [1.54, 1.807) is 0 Å². The van der Waals surface area contributed by atoms with Crippen molar-refractivity contribution in [1.29, 1.82) is 0 Å². The van der Waals surface area contributed by atoms with E-state index in [1.807, 2.05) is 58.8 Å². The van der Waals surface area contributed by atoms with Crippen LogP contribution in [0.3, 0.4) is 0 Å². The molecular formula is C22H22ClN3O2S. The number of likely N-dealkylation sites (N-methyl/N-ethyl adjacent to an activating group) is 1. The molecule has 0 N–H and O–H groups in total. The molecule has 0 spiro atoms. The fraction of sp³-hybridized carbons (Fsp3) is 0.273. The van der Waals surface area contributed by atoms with Crippen LogP contribution in [-0.2, 0) is 6.61 Å². The number of ether oxygens (including phenoxy) is 1. The molecule has 1 fully saturated rings. The minimum Gasteiger partial charge on any atom is -0.489 e. The molecule has 4 rings (SSSR count). The third-order valence-electron chi connectivity index (χ3n) is 4.89. The fourth-order valence-corrected chi connectivity index (χ4v) is 4.19. The van der Waals surface area contributed by atoms with Crippen LogP contribution in [0, 0.1) is 0 Å². The standard InChI is InChI=1S/C22H22ClN3O2S/c1-25-8-10-26(11-9-25)22(27)20-15-29-21(24-20)17-5-3-7-19(13-17)28-14-16-4-2-6-18(23)12-16/h2-7,12-13,15H,8-11,14H2,1H3. The van der Waals surface area contributed by atoms with Gasteiger partial charge in [-0.3, -0.25) is 4.79 Å². The van der Waals surface area contributed by atoms with Crippen molar-refractivity contribution in [2.75, 3.05) is 33.2 Å². The Hall–Kier alpha value is -2.41. The molecule has 1 amide bonds. The summed E-state index contributed by atoms with van der Waals surface area (Å²) < 4.78 is 5.91. The van der Waals surface area contributed by atoms with Gasteiger partial charge in [0, 0.05) is 42.1 Å². The maximum absolute atomic E-state index is 12.7. The second-order valence-corrected chi connectivity index (χ2v) is 8.37. The van der Waals surface area contributed by atoms with Crippen LogP contribution < -0.4 is 4.74 Å². The van der Waals surface area contributed by atoms with E-state index in [9.17, 15) is 4.79 Å². The van der Waals surface area contributed by atoms with Crippen LogP contribution in [0.25, 0.3) is 10.6 Å². The minimum atomic E-state index is 0.00830. The summed E-state index contributed by atoms with van der Waals surface area (Å²) in [7, 11) is 2.07. The van der Waals surface area contributed by atoms with Crippen molar-refractivity contribution < 1.29 is 9.53 Å². The van der Waals surface area contributed by atoms with E-state index >= 15 is 0 Å². The van der Waals surface area contributed by atoms with Gasteiger partial charge in [0.15, 0.2) is 0 Å². The molecule has 7 heteroatoms. The lowest BCUT2D eigenvalue weighted by atomic mass is 10.2. The lowest BCUT2D eigenvalue weighted by Crippen LogP contribution is -2.47. The van der Waals surface area contributed by atoms with Crippen molar-refractivity contribution in [2.24, 2.45) is 0 Å². The number of rotatable bonds is 5. The van der Waals surface area contributed by atoms with Crippen molar-refractivity contribution in [3.05, 3.63) is 70.2 Å². The molecule has 0 radical (unpaired) electrons. The van der Waals surface area contributed by atoms with Gasteiger partial charge >= 0.3 is 0 Å². The molecule has 0 aliphatic carbocycles. The first-order valence-electron chi connectivity index (χ1n) is 9.49. The predicted octanol–water partition coefficient (Wildman–Crippen LogP) is 4.43. The number of hydrogen-bond donors (Lipinski definition) is 0. The van der Waals surface area contributed by atoms with Crippen LogP contribution in [0.1, 0.15) is 16.1 Å². The zero-order chi connectivity index (χ0) is 20.2. The highest BCUT2D eigenvalue weighted by atomic mass is 35.5. The van der Waals surface area contributed by atoms with Crippen LogP contribution in [-0.4, -0.2) is 53.9 Å². The highest BCUT2D eigenvalue weighted by Gasteiger charge is 2.22. The third kappa shape index (κ3) is 4.96. The number of carbonyl (C=O) groups is 1. The second kappa shape index (κ2) is 8.95. The Bertz CT molecular complexity index is 999. The van der Waals surface area contributed by atoms with Crippen molar-refractivity contribution >= 4 is 28.8 Å². The lowest BCUT2D eigenvalue weighted by Gasteiger charge is -2.31. The summed E-state index contributed by atoms with van der Waals surface area (Å²) in [6, 6.07) is 15.4. The maximum Gasteiger partial charge on any atom is 0.273 e. The largest absolute Gasteiger partial charge is 0.489 e. The van der Waals surface area contributed by atoms with Gasteiger partial charge in [0.25, 0.3) is 5.91 Å². The summed E-state index contributed by atoms with van der Waals surface area (Å²) >= 11 is 7.51. The average Bonchev–Trinajstić information content (AvgIpc) is 3.23. The van der Waals surface area contributed by atoms with Gasteiger partial charge in [0.2, 0.25) is 0 Å². The van der Waals surface area contributed by atoms with E-state index in [0.29, 0.717) is 17.3 Å². The molecule has 0 atom stereocenters. The van der Waals surface area contributed by atoms with Crippen molar-refractivity contribution in [2.45, 2.75) is 6.61 Å². The topological polar surface area (TPSA) is 45.7 Å². The molecule has 1 aliphatic rings. The normalized spacial score (nSPS) is 14.8. The van der Waals surface area contributed by atoms with Crippen molar-refractivity contribution in [3.63, 3.8) is 0 Å². The van der Waals surface area contributed by atoms with Gasteiger partial charge in [-0.25, -0.2) is 4.98 Å². The van der Waals surface area contributed by atoms with Crippen LogP contribution in [0.2, 0.25) is 5.02 Å². The van der Waals surface area contributed by atoms with Gasteiger partial charge < -0.3 is 14.5 Å². The Morgan fingerprint density at radius 2 is 1.93 bits per heavy atom. The number of piperazine rings is 1. The van der Waals surface area contributed by atoms with E-state index < -0.39 is 0 Å². The molecule has 1 saturated heterocycles. The number of hydrogen-bond acceptors (Lipinski definition) is 5. The zero-order valence-electron chi connectivity index (χ0n) is 16.2. The Morgan fingerprint density at radius 1 is 1.14 bits per heavy atom. The molecule has 3 aromatic rings. The molecule has 0 unspecified atom stereocenters. The van der Waals surface area contributed by atoms with E-state index in [4.69, 9.17) is 16.3 Å². The van der Waals surface area contributed by atoms with Gasteiger partial charge in [-0.15, -0.1) is 11.3 Å². The lowest BCUT2D eigenvalue weighted by molar-refractivity contribution is 0.0659. The van der Waals surface area contributed by atoms with Crippen molar-refractivity contribution in [1.82, 2.24) is 14.8 Å². The molecular weight excluding hydrogens is 406 g/mol. The number of amides is 1. The Morgan fingerprint density at radius 3 is 2.72 bits per heavy atom. The van der Waals surface area contributed by atoms with Crippen LogP contribution in [0.4, 0.5) is 0 Å². The number of benzene rings is 2. The monoisotopic (exact) mass is 427 g/mol. The minimum absolute atomic E-state index is 0.00830. The van der Waals surface area contributed by atoms with E-state index in [2.05, 4.69) is 16.9 Å². The molecule has 1 aromatic heterocycles. The van der Waals surface area contributed by atoms with Gasteiger partial charge in [-0.1, -0.05) is 35.9 Å². The smallest absolute Gasteiger partial charge is 0.273 e. The van der Waals surface area contributed by atoms with E-state index in [-0.39, 0.29) is 5.91 Å². The summed E-state index contributed by atoms with van der Waals surface area (Å²) in [5.41, 5.74) is 2.47. The zero-order valence-corrected chi connectivity index (χ0v) is 17.7. The predicted molar refractivity (Wildman–Crippen MR) is 117 cm³/mol. The summed E-state index contributed by atoms with van der Waals surface area (Å²) in [6.45, 7) is 3.72. The summed E-state index contributed by atoms with van der Waals surface area (Å²) in [5.74, 6) is 0.763. The SMILES string of the molecule is CN1CCN(C(=O)c2csc(-c3cccc(OCc4cccc(Cl)c4)c3)n2)CC1. The Kier molecular flexibility index (Phi) is 6.13. The molecule has 5 nitrogen and oxygen atoms in total. The average molecular weight is 428 g/mol. The first-order chi connectivity index (χ1) is 14.1. The number of aromatic nitrogens is 1. The molecule has 2 aromatic carbocycles. The molecule has 1 aliphatic heterocycles. The van der Waals surface area contributed by atoms with Gasteiger partial charge in [0.1, 0.15) is 23.1 Å². The number of halogens is 1. The maximum atomic E-state index is 12.7. The van der Waals surface area contributed by atoms with E-state index in [1.165, 1.54) is 11.3 Å². The Balaban J connectivity index is 1.44. The van der Waals surface area contributed by atoms with Crippen LogP contribution in [0.5, 0.6) is 5.75 Å². The molecule has 29 heavy (non-hydrogen) atoms. The van der Waals surface area contributed by atoms with Gasteiger partial charge in [-0.05, 0) is 36.9 Å². The quantitative estimate of drug-likeness (QED) is 0.604. The molecule has 2 heterocycles. The third-order valence-corrected chi connectivity index (χ3v) is 6.02. The van der Waals surface area contributed by atoms with Crippen molar-refractivity contribution in [3.8, 4) is 16.3 Å². The summed E-state index contributed by atoms with van der Waals surface area (Å²) in [6.07, 6.45) is 0. The number of nitrogens with zero attached hydrogens (tertiary/aromatic N) is 3. The number of carbonyl (C=O) groups excluding carboxylic acids is 1. The molecule has 0 bridgehead atoms. The van der Waals surface area contributed by atoms with Gasteiger partial charge in [-0.2, -0.15) is 0 Å². The fourth-order valence-electron chi connectivity index (χ4n) is 3.19.